The average Bonchev–Trinajstić information content (AvgIpc) is 2.99. The summed E-state index contributed by atoms with van der Waals surface area (Å²) in [5.41, 5.74) is 2.39. The molecule has 0 atom stereocenters. The van der Waals surface area contributed by atoms with Crippen molar-refractivity contribution in [2.75, 3.05) is 0 Å². The average molecular weight is 323 g/mol. The molecule has 0 bridgehead atoms. The van der Waals surface area contributed by atoms with Crippen LogP contribution in [0, 0.1) is 10.1 Å². The van der Waals surface area contributed by atoms with Gasteiger partial charge in [0, 0.05) is 6.42 Å². The maximum absolute atomic E-state index is 11.6. The number of unbranched alkanes of at least 4 members (excludes halogenated alkanes) is 7. The number of nitrogens with one attached hydrogen (secondary N) is 1. The second-order valence-corrected chi connectivity index (χ2v) is 5.45. The van der Waals surface area contributed by atoms with Crippen molar-refractivity contribution in [1.29, 1.82) is 0 Å². The normalized spacial score (nSPS) is 11.0. The van der Waals surface area contributed by atoms with Gasteiger partial charge in [-0.15, -0.1) is 0 Å². The fourth-order valence-corrected chi connectivity index (χ4v) is 2.15. The summed E-state index contributed by atoms with van der Waals surface area (Å²) >= 11 is 0. The van der Waals surface area contributed by atoms with Gasteiger partial charge in [-0.1, -0.05) is 51.9 Å². The molecule has 1 N–H and O–H groups in total. The molecular formula is C16H25N3O4. The molecule has 0 radical (unpaired) electrons. The fraction of sp³-hybridized carbons (Fsp3) is 0.625. The zero-order valence-electron chi connectivity index (χ0n) is 13.6. The SMILES string of the molecule is CCCCCCCCCCC(=O)NN=Cc1ccc([N+](=O)[O-])o1. The first-order chi connectivity index (χ1) is 11.1. The van der Waals surface area contributed by atoms with E-state index in [1.165, 1.54) is 50.5 Å². The zero-order valence-corrected chi connectivity index (χ0v) is 13.6. The van der Waals surface area contributed by atoms with Crippen LogP contribution in [0.1, 0.15) is 70.5 Å². The minimum Gasteiger partial charge on any atom is -0.400 e. The molecule has 23 heavy (non-hydrogen) atoms. The molecule has 128 valence electrons. The minimum absolute atomic E-state index is 0.159. The summed E-state index contributed by atoms with van der Waals surface area (Å²) < 4.78 is 4.88. The largest absolute Gasteiger partial charge is 0.433 e. The van der Waals surface area contributed by atoms with E-state index in [0.717, 1.165) is 19.3 Å². The van der Waals surface area contributed by atoms with Crippen LogP contribution in [-0.2, 0) is 4.79 Å². The quantitative estimate of drug-likeness (QED) is 0.270. The number of hydrogen-bond donors (Lipinski definition) is 1. The van der Waals surface area contributed by atoms with Crippen molar-refractivity contribution < 1.29 is 14.1 Å². The van der Waals surface area contributed by atoms with Crippen LogP contribution in [0.2, 0.25) is 0 Å². The Kier molecular flexibility index (Phi) is 9.35. The number of carbonyl (C=O) groups is 1. The lowest BCUT2D eigenvalue weighted by molar-refractivity contribution is -0.402. The maximum atomic E-state index is 11.6. The summed E-state index contributed by atoms with van der Waals surface area (Å²) in [6.45, 7) is 2.20. The van der Waals surface area contributed by atoms with Gasteiger partial charge in [0.25, 0.3) is 0 Å². The Labute approximate surface area is 136 Å². The van der Waals surface area contributed by atoms with Crippen molar-refractivity contribution in [3.63, 3.8) is 0 Å². The van der Waals surface area contributed by atoms with Crippen LogP contribution >= 0.6 is 0 Å². The maximum Gasteiger partial charge on any atom is 0.433 e. The van der Waals surface area contributed by atoms with Crippen molar-refractivity contribution in [3.8, 4) is 0 Å². The second-order valence-electron chi connectivity index (χ2n) is 5.45. The fourth-order valence-electron chi connectivity index (χ4n) is 2.15. The number of hydrazone groups is 1. The molecule has 1 aromatic heterocycles. The molecule has 1 aromatic rings. The Hall–Kier alpha value is -2.18. The standard InChI is InChI=1S/C16H25N3O4/c1-2-3-4-5-6-7-8-9-10-15(20)18-17-13-14-11-12-16(23-14)19(21)22/h11-13H,2-10H2,1H3,(H,18,20). The molecule has 0 aliphatic carbocycles. The van der Waals surface area contributed by atoms with Gasteiger partial charge in [-0.3, -0.25) is 14.9 Å². The Morgan fingerprint density at radius 3 is 2.48 bits per heavy atom. The van der Waals surface area contributed by atoms with Crippen molar-refractivity contribution in [1.82, 2.24) is 5.43 Å². The van der Waals surface area contributed by atoms with Crippen molar-refractivity contribution in [2.24, 2.45) is 5.10 Å². The molecule has 7 nitrogen and oxygen atoms in total. The highest BCUT2D eigenvalue weighted by Crippen LogP contribution is 2.13. The first-order valence-electron chi connectivity index (χ1n) is 8.19. The second kappa shape index (κ2) is 11.4. The van der Waals surface area contributed by atoms with E-state index in [4.69, 9.17) is 4.42 Å². The number of carbonyl (C=O) groups excluding carboxylic acids is 1. The van der Waals surface area contributed by atoms with Crippen LogP contribution in [-0.4, -0.2) is 17.0 Å². The van der Waals surface area contributed by atoms with Crippen LogP contribution in [0.3, 0.4) is 0 Å². The highest BCUT2D eigenvalue weighted by atomic mass is 16.6. The molecule has 0 aliphatic rings. The van der Waals surface area contributed by atoms with E-state index in [1.54, 1.807) is 0 Å². The third-order valence-electron chi connectivity index (χ3n) is 3.43. The van der Waals surface area contributed by atoms with Crippen LogP contribution in [0.15, 0.2) is 21.7 Å². The zero-order chi connectivity index (χ0) is 16.9. The first-order valence-corrected chi connectivity index (χ1v) is 8.19. The summed E-state index contributed by atoms with van der Waals surface area (Å²) in [6.07, 6.45) is 11.1. The van der Waals surface area contributed by atoms with Crippen LogP contribution in [0.4, 0.5) is 5.88 Å². The third kappa shape index (κ3) is 8.75. The number of furan rings is 1. The lowest BCUT2D eigenvalue weighted by Crippen LogP contribution is -2.16. The molecule has 1 amide bonds. The Morgan fingerprint density at radius 2 is 1.87 bits per heavy atom. The predicted molar refractivity (Wildman–Crippen MR) is 88.3 cm³/mol. The minimum atomic E-state index is -0.627. The van der Waals surface area contributed by atoms with E-state index in [1.807, 2.05) is 0 Å². The van der Waals surface area contributed by atoms with Crippen LogP contribution in [0.25, 0.3) is 0 Å². The van der Waals surface area contributed by atoms with Gasteiger partial charge < -0.3 is 4.42 Å². The number of nitrogens with zero attached hydrogens (tertiary/aromatic N) is 2. The lowest BCUT2D eigenvalue weighted by Gasteiger charge is -2.01. The van der Waals surface area contributed by atoms with E-state index in [0.29, 0.717) is 6.42 Å². The van der Waals surface area contributed by atoms with Gasteiger partial charge in [0.2, 0.25) is 5.91 Å². The van der Waals surface area contributed by atoms with Gasteiger partial charge >= 0.3 is 5.88 Å². The summed E-state index contributed by atoms with van der Waals surface area (Å²) in [6, 6.07) is 2.66. The summed E-state index contributed by atoms with van der Waals surface area (Å²) in [5, 5.41) is 14.2. The molecular weight excluding hydrogens is 298 g/mol. The van der Waals surface area contributed by atoms with E-state index >= 15 is 0 Å². The number of amides is 1. The Morgan fingerprint density at radius 1 is 1.22 bits per heavy atom. The van der Waals surface area contributed by atoms with Gasteiger partial charge in [-0.25, -0.2) is 5.43 Å². The Balaban J connectivity index is 2.07. The summed E-state index contributed by atoms with van der Waals surface area (Å²) in [5.74, 6) is -0.283. The number of nitro groups is 1. The monoisotopic (exact) mass is 323 g/mol. The Bertz CT molecular complexity index is 511. The molecule has 0 spiro atoms. The molecule has 0 saturated heterocycles. The smallest absolute Gasteiger partial charge is 0.400 e. The number of rotatable bonds is 12. The van der Waals surface area contributed by atoms with Gasteiger partial charge in [0.05, 0.1) is 12.3 Å². The topological polar surface area (TPSA) is 97.7 Å². The third-order valence-corrected chi connectivity index (χ3v) is 3.43. The molecule has 1 heterocycles. The highest BCUT2D eigenvalue weighted by Gasteiger charge is 2.10. The van der Waals surface area contributed by atoms with Crippen molar-refractivity contribution in [3.05, 3.63) is 28.0 Å². The van der Waals surface area contributed by atoms with Crippen LogP contribution < -0.4 is 5.43 Å². The first kappa shape index (κ1) is 18.9. The van der Waals surface area contributed by atoms with E-state index < -0.39 is 4.92 Å². The predicted octanol–water partition coefficient (Wildman–Crippen LogP) is 4.17. The van der Waals surface area contributed by atoms with E-state index in [2.05, 4.69) is 17.5 Å². The molecule has 0 aromatic carbocycles. The van der Waals surface area contributed by atoms with Crippen molar-refractivity contribution in [2.45, 2.75) is 64.7 Å². The van der Waals surface area contributed by atoms with Crippen molar-refractivity contribution >= 4 is 18.0 Å². The van der Waals surface area contributed by atoms with E-state index in [9.17, 15) is 14.9 Å². The van der Waals surface area contributed by atoms with Gasteiger partial charge in [-0.2, -0.15) is 5.10 Å². The van der Waals surface area contributed by atoms with Crippen LogP contribution in [0.5, 0.6) is 0 Å². The lowest BCUT2D eigenvalue weighted by atomic mass is 10.1. The molecule has 1 rings (SSSR count). The molecule has 0 saturated carbocycles. The molecule has 0 unspecified atom stereocenters. The highest BCUT2D eigenvalue weighted by molar-refractivity contribution is 5.80. The summed E-state index contributed by atoms with van der Waals surface area (Å²) in [7, 11) is 0. The van der Waals surface area contributed by atoms with Gasteiger partial charge in [0.1, 0.15) is 4.92 Å². The molecule has 0 fully saturated rings. The van der Waals surface area contributed by atoms with E-state index in [-0.39, 0.29) is 17.6 Å². The van der Waals surface area contributed by atoms with Gasteiger partial charge in [0.15, 0.2) is 5.76 Å². The molecule has 0 aliphatic heterocycles. The molecule has 7 heteroatoms. The summed E-state index contributed by atoms with van der Waals surface area (Å²) in [4.78, 5) is 21.4. The number of hydrogen-bond acceptors (Lipinski definition) is 5. The van der Waals surface area contributed by atoms with Gasteiger partial charge in [-0.05, 0) is 12.5 Å².